The molecule has 0 aromatic heterocycles. The van der Waals surface area contributed by atoms with Crippen LogP contribution in [0.3, 0.4) is 0 Å². The number of benzene rings is 1. The molecule has 3 heteroatoms. The Morgan fingerprint density at radius 1 is 1.22 bits per heavy atom. The van der Waals surface area contributed by atoms with Crippen LogP contribution in [0.2, 0.25) is 25.2 Å². The number of carbonyl (C=O) groups excluding carboxylic acids is 1. The highest BCUT2D eigenvalue weighted by Crippen LogP contribution is 2.37. The van der Waals surface area contributed by atoms with Crippen molar-refractivity contribution in [3.8, 4) is 0 Å². The van der Waals surface area contributed by atoms with Gasteiger partial charge in [0.05, 0.1) is 20.2 Å². The zero-order valence-corrected chi connectivity index (χ0v) is 13.1. The first kappa shape index (κ1) is 15.0. The summed E-state index contributed by atoms with van der Waals surface area (Å²) in [6.07, 6.45) is 0. The summed E-state index contributed by atoms with van der Waals surface area (Å²) in [5, 5.41) is 0. The minimum absolute atomic E-state index is 0.0137. The van der Waals surface area contributed by atoms with Crippen molar-refractivity contribution < 1.29 is 9.53 Å². The molecule has 0 bridgehead atoms. The molecule has 0 radical (unpaired) electrons. The summed E-state index contributed by atoms with van der Waals surface area (Å²) in [6.45, 7) is 11.2. The van der Waals surface area contributed by atoms with Crippen molar-refractivity contribution in [2.45, 2.75) is 44.9 Å². The van der Waals surface area contributed by atoms with E-state index in [0.717, 1.165) is 0 Å². The van der Waals surface area contributed by atoms with Crippen LogP contribution in [0.1, 0.15) is 25.3 Å². The topological polar surface area (TPSA) is 26.3 Å². The molecule has 0 spiro atoms. The third kappa shape index (κ3) is 3.70. The van der Waals surface area contributed by atoms with Gasteiger partial charge in [0.1, 0.15) is 0 Å². The van der Waals surface area contributed by atoms with E-state index in [4.69, 9.17) is 4.74 Å². The Kier molecular flexibility index (Phi) is 5.14. The fourth-order valence-electron chi connectivity index (χ4n) is 2.49. The van der Waals surface area contributed by atoms with Crippen LogP contribution in [-0.4, -0.2) is 20.7 Å². The van der Waals surface area contributed by atoms with Gasteiger partial charge >= 0.3 is 5.97 Å². The summed E-state index contributed by atoms with van der Waals surface area (Å²) < 4.78 is 5.27. The van der Waals surface area contributed by atoms with E-state index in [1.807, 2.05) is 25.1 Å². The monoisotopic (exact) mass is 264 g/mol. The average molecular weight is 264 g/mol. The van der Waals surface area contributed by atoms with Crippen LogP contribution in [0, 0.1) is 0 Å². The minimum Gasteiger partial charge on any atom is -0.466 e. The summed E-state index contributed by atoms with van der Waals surface area (Å²) in [6, 6.07) is 10.2. The van der Waals surface area contributed by atoms with Gasteiger partial charge in [-0.1, -0.05) is 56.9 Å². The minimum atomic E-state index is -1.61. The third-order valence-electron chi connectivity index (χ3n) is 3.30. The van der Waals surface area contributed by atoms with E-state index in [9.17, 15) is 4.79 Å². The highest BCUT2D eigenvalue weighted by atomic mass is 28.3. The lowest BCUT2D eigenvalue weighted by atomic mass is 9.97. The average Bonchev–Trinajstić information content (AvgIpc) is 2.28. The van der Waals surface area contributed by atoms with Crippen molar-refractivity contribution in [1.82, 2.24) is 0 Å². The third-order valence-corrected chi connectivity index (χ3v) is 5.90. The van der Waals surface area contributed by atoms with Crippen LogP contribution in [0.5, 0.6) is 0 Å². The molecule has 0 saturated carbocycles. The van der Waals surface area contributed by atoms with E-state index in [1.54, 1.807) is 0 Å². The van der Waals surface area contributed by atoms with Crippen molar-refractivity contribution in [2.24, 2.45) is 0 Å². The van der Waals surface area contributed by atoms with Gasteiger partial charge in [-0.3, -0.25) is 4.79 Å². The predicted molar refractivity (Wildman–Crippen MR) is 78.6 cm³/mol. The van der Waals surface area contributed by atoms with Gasteiger partial charge in [-0.15, -0.1) is 0 Å². The van der Waals surface area contributed by atoms with Crippen LogP contribution in [-0.2, 0) is 9.53 Å². The summed E-state index contributed by atoms with van der Waals surface area (Å²) in [4.78, 5) is 12.2. The maximum atomic E-state index is 12.2. The molecule has 1 aromatic carbocycles. The molecule has 18 heavy (non-hydrogen) atoms. The van der Waals surface area contributed by atoms with Gasteiger partial charge in [-0.25, -0.2) is 0 Å². The molecule has 0 amide bonds. The number of rotatable bonds is 5. The fraction of sp³-hybridized carbons (Fsp3) is 0.533. The van der Waals surface area contributed by atoms with Crippen molar-refractivity contribution in [3.63, 3.8) is 0 Å². The first-order valence-electron chi connectivity index (χ1n) is 6.59. The Labute approximate surface area is 111 Å². The molecule has 1 rings (SSSR count). The summed E-state index contributed by atoms with van der Waals surface area (Å²) in [5.74, 6) is 0.185. The van der Waals surface area contributed by atoms with E-state index in [-0.39, 0.29) is 17.4 Å². The molecule has 0 heterocycles. The van der Waals surface area contributed by atoms with Crippen molar-refractivity contribution >= 4 is 14.0 Å². The molecule has 2 nitrogen and oxygen atoms in total. The second-order valence-electron chi connectivity index (χ2n) is 5.80. The molecule has 1 aromatic rings. The zero-order chi connectivity index (χ0) is 13.8. The highest BCUT2D eigenvalue weighted by molar-refractivity contribution is 6.80. The van der Waals surface area contributed by atoms with Crippen molar-refractivity contribution in [2.75, 3.05) is 6.61 Å². The summed E-state index contributed by atoms with van der Waals surface area (Å²) in [7, 11) is -1.61. The summed E-state index contributed by atoms with van der Waals surface area (Å²) in [5.41, 5.74) is 1.23. The number of hydrogen-bond acceptors (Lipinski definition) is 2. The summed E-state index contributed by atoms with van der Waals surface area (Å²) >= 11 is 0. The molecule has 0 saturated heterocycles. The molecule has 0 fully saturated rings. The van der Waals surface area contributed by atoms with E-state index in [2.05, 4.69) is 38.7 Å². The molecule has 0 aliphatic heterocycles. The van der Waals surface area contributed by atoms with Gasteiger partial charge in [0.2, 0.25) is 0 Å². The van der Waals surface area contributed by atoms with Crippen molar-refractivity contribution in [3.05, 3.63) is 35.9 Å². The maximum Gasteiger partial charge on any atom is 0.306 e. The molecule has 2 atom stereocenters. The maximum absolute atomic E-state index is 12.2. The van der Waals surface area contributed by atoms with E-state index < -0.39 is 8.07 Å². The fourth-order valence-corrected chi connectivity index (χ4v) is 4.97. The number of hydrogen-bond donors (Lipinski definition) is 0. The van der Waals surface area contributed by atoms with Gasteiger partial charge in [0.25, 0.3) is 0 Å². The smallest absolute Gasteiger partial charge is 0.306 e. The lowest BCUT2D eigenvalue weighted by molar-refractivity contribution is -0.143. The van der Waals surface area contributed by atoms with Gasteiger partial charge in [0.15, 0.2) is 0 Å². The molecule has 0 unspecified atom stereocenters. The Bertz CT molecular complexity index is 381. The highest BCUT2D eigenvalue weighted by Gasteiger charge is 2.38. The van der Waals surface area contributed by atoms with Crippen LogP contribution >= 0.6 is 0 Å². The Morgan fingerprint density at radius 2 is 1.78 bits per heavy atom. The standard InChI is InChI=1S/C15H24O2Si/c1-6-17-15(16)14(18(3,4)5)12(2)13-10-8-7-9-11-13/h7-12,14H,6H2,1-5H3/t12-,14-/m0/s1. The molecule has 0 N–H and O–H groups in total. The van der Waals surface area contributed by atoms with Crippen LogP contribution < -0.4 is 0 Å². The van der Waals surface area contributed by atoms with Crippen LogP contribution in [0.4, 0.5) is 0 Å². The van der Waals surface area contributed by atoms with Gasteiger partial charge in [-0.2, -0.15) is 0 Å². The largest absolute Gasteiger partial charge is 0.466 e. The second kappa shape index (κ2) is 6.18. The number of carbonyl (C=O) groups is 1. The molecular weight excluding hydrogens is 240 g/mol. The SMILES string of the molecule is CCOC(=O)[C@H]([C@@H](C)c1ccccc1)[Si](C)(C)C. The molecule has 100 valence electrons. The van der Waals surface area contributed by atoms with Gasteiger partial charge < -0.3 is 4.74 Å². The van der Waals surface area contributed by atoms with E-state index in [0.29, 0.717) is 6.61 Å². The van der Waals surface area contributed by atoms with Gasteiger partial charge in [0, 0.05) is 0 Å². The Morgan fingerprint density at radius 3 is 2.22 bits per heavy atom. The normalized spacial score (nSPS) is 14.9. The molecule has 0 aliphatic rings. The first-order chi connectivity index (χ1) is 8.38. The van der Waals surface area contributed by atoms with Crippen LogP contribution in [0.15, 0.2) is 30.3 Å². The van der Waals surface area contributed by atoms with E-state index in [1.165, 1.54) is 5.56 Å². The van der Waals surface area contributed by atoms with Crippen molar-refractivity contribution in [1.29, 1.82) is 0 Å². The number of ether oxygens (including phenoxy) is 1. The van der Waals surface area contributed by atoms with Gasteiger partial charge in [-0.05, 0) is 18.4 Å². The zero-order valence-electron chi connectivity index (χ0n) is 12.1. The quantitative estimate of drug-likeness (QED) is 0.592. The molecular formula is C15H24O2Si. The Hall–Kier alpha value is -1.09. The second-order valence-corrected chi connectivity index (χ2v) is 11.1. The lowest BCUT2D eigenvalue weighted by Gasteiger charge is -2.32. The number of esters is 1. The molecule has 0 aliphatic carbocycles. The lowest BCUT2D eigenvalue weighted by Crippen LogP contribution is -2.38. The Balaban J connectivity index is 3.01. The van der Waals surface area contributed by atoms with Crippen LogP contribution in [0.25, 0.3) is 0 Å². The van der Waals surface area contributed by atoms with E-state index >= 15 is 0 Å². The first-order valence-corrected chi connectivity index (χ1v) is 10.2. The predicted octanol–water partition coefficient (Wildman–Crippen LogP) is 4.06.